The fraction of sp³-hybridized carbons (Fsp3) is 0.321. The van der Waals surface area contributed by atoms with Crippen LogP contribution in [-0.2, 0) is 27.2 Å². The molecule has 1 N–H and O–H groups in total. The monoisotopic (exact) mass is 542 g/mol. The first-order valence-corrected chi connectivity index (χ1v) is 13.0. The third-order valence-electron chi connectivity index (χ3n) is 6.32. The molecule has 0 aliphatic heterocycles. The second-order valence-corrected chi connectivity index (χ2v) is 10.3. The lowest BCUT2D eigenvalue weighted by molar-refractivity contribution is -0.161. The Kier molecular flexibility index (Phi) is 7.41. The minimum absolute atomic E-state index is 0.243. The SMILES string of the molecule is CCCc1nn2ncc(C(=O)OCOC(=O)C(C)(C)C)c2n1Cc1ccc(-c2ccccc2-c2nnn[nH]2)cc1. The van der Waals surface area contributed by atoms with Crippen molar-refractivity contribution in [2.75, 3.05) is 6.79 Å². The first-order valence-electron chi connectivity index (χ1n) is 13.0. The molecule has 0 fully saturated rings. The van der Waals surface area contributed by atoms with Crippen molar-refractivity contribution in [1.29, 1.82) is 0 Å². The van der Waals surface area contributed by atoms with Crippen molar-refractivity contribution in [3.63, 3.8) is 0 Å². The predicted octanol–water partition coefficient (Wildman–Crippen LogP) is 4.08. The van der Waals surface area contributed by atoms with Gasteiger partial charge in [0.05, 0.1) is 18.2 Å². The molecule has 0 atom stereocenters. The predicted molar refractivity (Wildman–Crippen MR) is 145 cm³/mol. The molecule has 0 spiro atoms. The third kappa shape index (κ3) is 5.46. The molecule has 0 amide bonds. The molecule has 0 saturated heterocycles. The second-order valence-electron chi connectivity index (χ2n) is 10.3. The van der Waals surface area contributed by atoms with Crippen molar-refractivity contribution in [3.05, 3.63) is 71.7 Å². The molecule has 5 aromatic rings. The lowest BCUT2D eigenvalue weighted by Gasteiger charge is -2.16. The second kappa shape index (κ2) is 11.1. The smallest absolute Gasteiger partial charge is 0.346 e. The molecule has 3 heterocycles. The Balaban J connectivity index is 1.40. The third-order valence-corrected chi connectivity index (χ3v) is 6.32. The van der Waals surface area contributed by atoms with Gasteiger partial charge in [0.2, 0.25) is 6.79 Å². The number of carbonyl (C=O) groups excluding carboxylic acids is 2. The molecular weight excluding hydrogens is 512 g/mol. The zero-order valence-corrected chi connectivity index (χ0v) is 22.8. The summed E-state index contributed by atoms with van der Waals surface area (Å²) in [6, 6.07) is 16.1. The van der Waals surface area contributed by atoms with Crippen LogP contribution in [0.15, 0.2) is 54.7 Å². The number of tetrazole rings is 1. The molecule has 0 bridgehead atoms. The number of aromatic amines is 1. The number of carbonyl (C=O) groups is 2. The summed E-state index contributed by atoms with van der Waals surface area (Å²) in [4.78, 5) is 24.9. The van der Waals surface area contributed by atoms with Crippen LogP contribution in [0.1, 0.15) is 55.9 Å². The van der Waals surface area contributed by atoms with Crippen molar-refractivity contribution < 1.29 is 19.1 Å². The standard InChI is InChI=1S/C28H30N8O4/c1-5-8-23-32-36-25(22(15-29-36)26(37)39-17-40-27(38)28(2,3)4)35(23)16-18-11-13-19(14-12-18)20-9-6-7-10-21(20)24-30-33-34-31-24/h6-7,9-15H,5,8,16-17H2,1-4H3,(H,30,31,33,34). The molecule has 5 rings (SSSR count). The summed E-state index contributed by atoms with van der Waals surface area (Å²) in [6.45, 7) is 7.24. The number of esters is 2. The normalized spacial score (nSPS) is 11.6. The number of nitrogens with one attached hydrogen (secondary N) is 1. The average Bonchev–Trinajstić information content (AvgIpc) is 3.68. The maximum atomic E-state index is 12.9. The van der Waals surface area contributed by atoms with Crippen molar-refractivity contribution in [1.82, 2.24) is 40.0 Å². The van der Waals surface area contributed by atoms with Crippen molar-refractivity contribution in [2.24, 2.45) is 5.41 Å². The minimum Gasteiger partial charge on any atom is -0.427 e. The molecule has 0 aliphatic carbocycles. The fourth-order valence-corrected chi connectivity index (χ4v) is 4.28. The lowest BCUT2D eigenvalue weighted by Crippen LogP contribution is -2.24. The number of H-pyrrole nitrogens is 1. The van der Waals surface area contributed by atoms with E-state index in [1.807, 2.05) is 53.1 Å². The first-order chi connectivity index (χ1) is 19.3. The van der Waals surface area contributed by atoms with Gasteiger partial charge in [-0.15, -0.1) is 14.8 Å². The molecule has 3 aromatic heterocycles. The van der Waals surface area contributed by atoms with E-state index in [0.29, 0.717) is 24.4 Å². The summed E-state index contributed by atoms with van der Waals surface area (Å²) < 4.78 is 13.8. The van der Waals surface area contributed by atoms with Gasteiger partial charge < -0.3 is 14.0 Å². The summed E-state index contributed by atoms with van der Waals surface area (Å²) in [5.74, 6) is 0.290. The van der Waals surface area contributed by atoms with Crippen molar-refractivity contribution in [3.8, 4) is 22.5 Å². The van der Waals surface area contributed by atoms with E-state index in [1.54, 1.807) is 20.8 Å². The van der Waals surface area contributed by atoms with Crippen LogP contribution >= 0.6 is 0 Å². The van der Waals surface area contributed by atoms with E-state index in [2.05, 4.69) is 37.7 Å². The van der Waals surface area contributed by atoms with Gasteiger partial charge in [0.1, 0.15) is 11.4 Å². The van der Waals surface area contributed by atoms with E-state index in [4.69, 9.17) is 9.47 Å². The number of rotatable bonds is 9. The Hall–Kier alpha value is -4.87. The molecule has 12 heteroatoms. The minimum atomic E-state index is -0.699. The number of aromatic nitrogens is 8. The van der Waals surface area contributed by atoms with E-state index in [0.717, 1.165) is 34.5 Å². The molecular formula is C28H30N8O4. The van der Waals surface area contributed by atoms with Gasteiger partial charge in [-0.3, -0.25) is 4.79 Å². The maximum Gasteiger partial charge on any atom is 0.346 e. The molecule has 0 aliphatic rings. The molecule has 2 aromatic carbocycles. The number of aryl methyl sites for hydroxylation is 1. The van der Waals surface area contributed by atoms with E-state index in [9.17, 15) is 9.59 Å². The number of ether oxygens (including phenoxy) is 2. The van der Waals surface area contributed by atoms with Gasteiger partial charge >= 0.3 is 11.9 Å². The lowest BCUT2D eigenvalue weighted by atomic mass is 9.98. The molecule has 0 radical (unpaired) electrons. The quantitative estimate of drug-likeness (QED) is 0.215. The van der Waals surface area contributed by atoms with E-state index in [-0.39, 0.29) is 5.56 Å². The van der Waals surface area contributed by atoms with Crippen LogP contribution in [0.2, 0.25) is 0 Å². The molecule has 40 heavy (non-hydrogen) atoms. The van der Waals surface area contributed by atoms with Crippen molar-refractivity contribution in [2.45, 2.75) is 47.1 Å². The Morgan fingerprint density at radius 3 is 2.42 bits per heavy atom. The highest BCUT2D eigenvalue weighted by Crippen LogP contribution is 2.30. The van der Waals surface area contributed by atoms with Gasteiger partial charge in [-0.2, -0.15) is 5.10 Å². The molecule has 0 saturated carbocycles. The van der Waals surface area contributed by atoms with Crippen LogP contribution in [-0.4, -0.2) is 58.8 Å². The van der Waals surface area contributed by atoms with Gasteiger partial charge in [-0.1, -0.05) is 55.5 Å². The Bertz CT molecular complexity index is 1630. The van der Waals surface area contributed by atoms with Gasteiger partial charge in [-0.25, -0.2) is 9.89 Å². The van der Waals surface area contributed by atoms with Gasteiger partial charge in [-0.05, 0) is 54.3 Å². The number of hydrogen-bond donors (Lipinski definition) is 1. The largest absolute Gasteiger partial charge is 0.427 e. The zero-order chi connectivity index (χ0) is 28.3. The fourth-order valence-electron chi connectivity index (χ4n) is 4.28. The van der Waals surface area contributed by atoms with Gasteiger partial charge in [0.15, 0.2) is 11.5 Å². The summed E-state index contributed by atoms with van der Waals surface area (Å²) >= 11 is 0. The van der Waals surface area contributed by atoms with Crippen LogP contribution in [0, 0.1) is 5.41 Å². The first kappa shape index (κ1) is 26.7. The topological polar surface area (TPSA) is 142 Å². The van der Waals surface area contributed by atoms with E-state index < -0.39 is 24.1 Å². The summed E-state index contributed by atoms with van der Waals surface area (Å²) in [5, 5.41) is 23.1. The Morgan fingerprint density at radius 1 is 1.00 bits per heavy atom. The molecule has 0 unspecified atom stereocenters. The highest BCUT2D eigenvalue weighted by Gasteiger charge is 2.25. The average molecular weight is 543 g/mol. The zero-order valence-electron chi connectivity index (χ0n) is 22.8. The number of nitrogens with zero attached hydrogens (tertiary/aromatic N) is 7. The molecule has 206 valence electrons. The van der Waals surface area contributed by atoms with Crippen LogP contribution < -0.4 is 0 Å². The Labute approximate surface area is 230 Å². The van der Waals surface area contributed by atoms with E-state index >= 15 is 0 Å². The molecule has 12 nitrogen and oxygen atoms in total. The summed E-state index contributed by atoms with van der Waals surface area (Å²) in [6.07, 6.45) is 2.99. The number of benzene rings is 2. The van der Waals surface area contributed by atoms with Gasteiger partial charge in [0.25, 0.3) is 0 Å². The van der Waals surface area contributed by atoms with Gasteiger partial charge in [0, 0.05) is 12.0 Å². The number of fused-ring (bicyclic) bond motifs is 1. The highest BCUT2D eigenvalue weighted by molar-refractivity contribution is 5.95. The van der Waals surface area contributed by atoms with Crippen molar-refractivity contribution >= 4 is 17.6 Å². The summed E-state index contributed by atoms with van der Waals surface area (Å²) in [5.41, 5.74) is 3.99. The van der Waals surface area contributed by atoms with Crippen LogP contribution in [0.25, 0.3) is 28.2 Å². The van der Waals surface area contributed by atoms with Crippen LogP contribution in [0.4, 0.5) is 0 Å². The Morgan fingerprint density at radius 2 is 1.75 bits per heavy atom. The highest BCUT2D eigenvalue weighted by atomic mass is 16.7. The van der Waals surface area contributed by atoms with E-state index in [1.165, 1.54) is 10.8 Å². The maximum absolute atomic E-state index is 12.9. The van der Waals surface area contributed by atoms with Crippen LogP contribution in [0.5, 0.6) is 0 Å². The number of hydrogen-bond acceptors (Lipinski definition) is 9. The summed E-state index contributed by atoms with van der Waals surface area (Å²) in [7, 11) is 0. The van der Waals surface area contributed by atoms with Crippen LogP contribution in [0.3, 0.4) is 0 Å².